The van der Waals surface area contributed by atoms with Crippen LogP contribution in [0.15, 0.2) is 29.9 Å². The van der Waals surface area contributed by atoms with Gasteiger partial charge in [-0.1, -0.05) is 0 Å². The number of nitrogens with one attached hydrogen (secondary N) is 1. The zero-order valence-electron chi connectivity index (χ0n) is 15.7. The second-order valence-corrected chi connectivity index (χ2v) is 8.62. The molecule has 4 heterocycles. The Morgan fingerprint density at radius 1 is 1.33 bits per heavy atom. The van der Waals surface area contributed by atoms with Crippen LogP contribution < -0.4 is 5.32 Å². The largest absolute Gasteiger partial charge is 0.370 e. The summed E-state index contributed by atoms with van der Waals surface area (Å²) in [6.45, 7) is 5.56. The Hall–Kier alpha value is -1.83. The number of pyridine rings is 1. The minimum Gasteiger partial charge on any atom is -0.370 e. The first kappa shape index (κ1) is 18.5. The normalized spacial score (nSPS) is 22.2. The van der Waals surface area contributed by atoms with Crippen molar-refractivity contribution in [2.24, 2.45) is 0 Å². The third-order valence-corrected chi connectivity index (χ3v) is 6.38. The molecule has 2 aliphatic heterocycles. The second-order valence-electron chi connectivity index (χ2n) is 7.55. The standard InChI is InChI=1S/C20H26N4O2S/c1-15-23-18(14-27-15)19(25)22-12-17-2-5-20(26-17)6-10-24(11-7-20)13-16-3-8-21-9-4-16/h3-4,8-9,14,17H,2,5-7,10-13H2,1H3,(H,22,25). The molecule has 6 nitrogen and oxygen atoms in total. The smallest absolute Gasteiger partial charge is 0.270 e. The minimum atomic E-state index is -0.101. The van der Waals surface area contributed by atoms with E-state index in [1.807, 2.05) is 19.3 Å². The lowest BCUT2D eigenvalue weighted by Crippen LogP contribution is -2.44. The molecule has 0 bridgehead atoms. The summed E-state index contributed by atoms with van der Waals surface area (Å²) in [7, 11) is 0. The van der Waals surface area contributed by atoms with Crippen molar-refractivity contribution in [2.75, 3.05) is 19.6 Å². The summed E-state index contributed by atoms with van der Waals surface area (Å²) in [5.41, 5.74) is 1.82. The Morgan fingerprint density at radius 3 is 2.81 bits per heavy atom. The predicted octanol–water partition coefficient (Wildman–Crippen LogP) is 2.79. The van der Waals surface area contributed by atoms with Gasteiger partial charge in [0.15, 0.2) is 0 Å². The fraction of sp³-hybridized carbons (Fsp3) is 0.550. The molecule has 2 saturated heterocycles. The highest BCUT2D eigenvalue weighted by Crippen LogP contribution is 2.39. The van der Waals surface area contributed by atoms with Crippen LogP contribution in [0.3, 0.4) is 0 Å². The van der Waals surface area contributed by atoms with Crippen molar-refractivity contribution >= 4 is 17.2 Å². The summed E-state index contributed by atoms with van der Waals surface area (Å²) in [5, 5.41) is 5.70. The molecule has 1 atom stereocenters. The van der Waals surface area contributed by atoms with Crippen LogP contribution in [-0.4, -0.2) is 52.1 Å². The number of amides is 1. The summed E-state index contributed by atoms with van der Waals surface area (Å²) in [6, 6.07) is 4.16. The molecule has 0 aromatic carbocycles. The molecule has 4 rings (SSSR count). The molecular weight excluding hydrogens is 360 g/mol. The maximum Gasteiger partial charge on any atom is 0.270 e. The monoisotopic (exact) mass is 386 g/mol. The van der Waals surface area contributed by atoms with Crippen LogP contribution in [-0.2, 0) is 11.3 Å². The third-order valence-electron chi connectivity index (χ3n) is 5.60. The maximum absolute atomic E-state index is 12.2. The van der Waals surface area contributed by atoms with E-state index in [0.717, 1.165) is 50.3 Å². The summed E-state index contributed by atoms with van der Waals surface area (Å²) in [4.78, 5) is 23.0. The van der Waals surface area contributed by atoms with Gasteiger partial charge in [0.2, 0.25) is 0 Å². The fourth-order valence-corrected chi connectivity index (χ4v) is 4.63. The molecule has 7 heteroatoms. The van der Waals surface area contributed by atoms with E-state index < -0.39 is 0 Å². The van der Waals surface area contributed by atoms with E-state index in [1.165, 1.54) is 16.9 Å². The Labute approximate surface area is 164 Å². The van der Waals surface area contributed by atoms with Gasteiger partial charge in [0.25, 0.3) is 5.91 Å². The third kappa shape index (κ3) is 4.54. The van der Waals surface area contributed by atoms with Gasteiger partial charge in [-0.3, -0.25) is 14.7 Å². The highest BCUT2D eigenvalue weighted by Gasteiger charge is 2.42. The van der Waals surface area contributed by atoms with Crippen LogP contribution in [0.25, 0.3) is 0 Å². The van der Waals surface area contributed by atoms with Crippen LogP contribution in [0.1, 0.15) is 46.7 Å². The van der Waals surface area contributed by atoms with Crippen LogP contribution in [0, 0.1) is 6.92 Å². The highest BCUT2D eigenvalue weighted by atomic mass is 32.1. The molecule has 0 aliphatic carbocycles. The van der Waals surface area contributed by atoms with E-state index in [4.69, 9.17) is 4.74 Å². The molecule has 144 valence electrons. The van der Waals surface area contributed by atoms with Crippen LogP contribution in [0.4, 0.5) is 0 Å². The Balaban J connectivity index is 1.23. The van der Waals surface area contributed by atoms with E-state index >= 15 is 0 Å². The van der Waals surface area contributed by atoms with E-state index in [9.17, 15) is 4.79 Å². The molecule has 2 aromatic heterocycles. The van der Waals surface area contributed by atoms with E-state index in [1.54, 1.807) is 5.38 Å². The van der Waals surface area contributed by atoms with Crippen molar-refractivity contribution in [3.63, 3.8) is 0 Å². The number of aryl methyl sites for hydroxylation is 1. The highest BCUT2D eigenvalue weighted by molar-refractivity contribution is 7.09. The molecular formula is C20H26N4O2S. The zero-order chi connectivity index (χ0) is 18.7. The number of likely N-dealkylation sites (tertiary alicyclic amines) is 1. The first-order valence-electron chi connectivity index (χ1n) is 9.61. The first-order chi connectivity index (χ1) is 13.1. The number of ether oxygens (including phenoxy) is 1. The van der Waals surface area contributed by atoms with Gasteiger partial charge >= 0.3 is 0 Å². The molecule has 2 fully saturated rings. The van der Waals surface area contributed by atoms with Crippen molar-refractivity contribution in [3.05, 3.63) is 46.2 Å². The molecule has 1 N–H and O–H groups in total. The van der Waals surface area contributed by atoms with Crippen LogP contribution >= 0.6 is 11.3 Å². The topological polar surface area (TPSA) is 67.4 Å². The predicted molar refractivity (Wildman–Crippen MR) is 105 cm³/mol. The molecule has 2 aromatic rings. The van der Waals surface area contributed by atoms with Gasteiger partial charge in [0.05, 0.1) is 16.7 Å². The Bertz CT molecular complexity index is 771. The molecule has 2 aliphatic rings. The quantitative estimate of drug-likeness (QED) is 0.856. The van der Waals surface area contributed by atoms with Crippen molar-refractivity contribution < 1.29 is 9.53 Å². The average Bonchev–Trinajstić information content (AvgIpc) is 3.30. The van der Waals surface area contributed by atoms with Gasteiger partial charge < -0.3 is 10.1 Å². The lowest BCUT2D eigenvalue weighted by molar-refractivity contribution is -0.0764. The van der Waals surface area contributed by atoms with Crippen molar-refractivity contribution in [1.29, 1.82) is 0 Å². The summed E-state index contributed by atoms with van der Waals surface area (Å²) in [5.74, 6) is -0.101. The first-order valence-corrected chi connectivity index (χ1v) is 10.5. The minimum absolute atomic E-state index is 0.00135. The molecule has 0 saturated carbocycles. The summed E-state index contributed by atoms with van der Waals surface area (Å²) in [6.07, 6.45) is 8.05. The van der Waals surface area contributed by atoms with Crippen molar-refractivity contribution in [1.82, 2.24) is 20.2 Å². The number of hydrogen-bond acceptors (Lipinski definition) is 6. The number of piperidine rings is 1. The SMILES string of the molecule is Cc1nc(C(=O)NCC2CCC3(CCN(Cc4ccncc4)CC3)O2)cs1. The van der Waals surface area contributed by atoms with Crippen molar-refractivity contribution in [2.45, 2.75) is 50.9 Å². The molecule has 0 radical (unpaired) electrons. The number of carbonyl (C=O) groups is 1. The number of rotatable bonds is 5. The number of carbonyl (C=O) groups excluding carboxylic acids is 1. The Morgan fingerprint density at radius 2 is 2.11 bits per heavy atom. The van der Waals surface area contributed by atoms with Gasteiger partial charge in [-0.05, 0) is 50.3 Å². The number of thiazole rings is 1. The number of aromatic nitrogens is 2. The van der Waals surface area contributed by atoms with Gasteiger partial charge in [0, 0.05) is 44.0 Å². The molecule has 1 unspecified atom stereocenters. The fourth-order valence-electron chi connectivity index (χ4n) is 4.04. The average molecular weight is 387 g/mol. The molecule has 1 spiro atoms. The van der Waals surface area contributed by atoms with E-state index in [-0.39, 0.29) is 17.6 Å². The van der Waals surface area contributed by atoms with Gasteiger partial charge in [-0.15, -0.1) is 11.3 Å². The van der Waals surface area contributed by atoms with E-state index in [2.05, 4.69) is 32.3 Å². The van der Waals surface area contributed by atoms with E-state index in [0.29, 0.717) is 12.2 Å². The van der Waals surface area contributed by atoms with Crippen LogP contribution in [0.2, 0.25) is 0 Å². The Kier molecular flexibility index (Phi) is 5.52. The number of nitrogens with zero attached hydrogens (tertiary/aromatic N) is 3. The molecule has 27 heavy (non-hydrogen) atoms. The summed E-state index contributed by atoms with van der Waals surface area (Å²) < 4.78 is 6.41. The lowest BCUT2D eigenvalue weighted by Gasteiger charge is -2.39. The summed E-state index contributed by atoms with van der Waals surface area (Å²) >= 11 is 1.50. The van der Waals surface area contributed by atoms with Gasteiger partial charge in [-0.25, -0.2) is 4.98 Å². The number of hydrogen-bond donors (Lipinski definition) is 1. The van der Waals surface area contributed by atoms with Crippen LogP contribution in [0.5, 0.6) is 0 Å². The lowest BCUT2D eigenvalue weighted by atomic mass is 9.88. The van der Waals surface area contributed by atoms with Gasteiger partial charge in [-0.2, -0.15) is 0 Å². The maximum atomic E-state index is 12.2. The second kappa shape index (κ2) is 8.04. The zero-order valence-corrected chi connectivity index (χ0v) is 16.5. The van der Waals surface area contributed by atoms with Gasteiger partial charge in [0.1, 0.15) is 5.69 Å². The molecule has 1 amide bonds. The van der Waals surface area contributed by atoms with Crippen molar-refractivity contribution in [3.8, 4) is 0 Å².